The Kier molecular flexibility index (Phi) is 5.45. The van der Waals surface area contributed by atoms with Gasteiger partial charge in [-0.1, -0.05) is 12.1 Å². The van der Waals surface area contributed by atoms with Crippen molar-refractivity contribution >= 4 is 43.2 Å². The Morgan fingerprint density at radius 3 is 2.74 bits per heavy atom. The summed E-state index contributed by atoms with van der Waals surface area (Å²) in [7, 11) is 1.69. The minimum atomic E-state index is 0.287. The van der Waals surface area contributed by atoms with E-state index in [1.165, 1.54) is 10.4 Å². The Labute approximate surface area is 134 Å². The van der Waals surface area contributed by atoms with Gasteiger partial charge in [-0.15, -0.1) is 11.3 Å². The highest BCUT2D eigenvalue weighted by Gasteiger charge is 2.08. The molecule has 0 saturated heterocycles. The van der Waals surface area contributed by atoms with E-state index in [0.717, 1.165) is 20.6 Å². The molecule has 2 nitrogen and oxygen atoms in total. The van der Waals surface area contributed by atoms with E-state index in [-0.39, 0.29) is 6.04 Å². The quantitative estimate of drug-likeness (QED) is 0.745. The van der Waals surface area contributed by atoms with Crippen LogP contribution in [-0.2, 0) is 6.54 Å². The van der Waals surface area contributed by atoms with Crippen LogP contribution >= 0.6 is 43.2 Å². The second kappa shape index (κ2) is 6.88. The third-order valence-electron chi connectivity index (χ3n) is 2.87. The van der Waals surface area contributed by atoms with E-state index in [1.807, 2.05) is 12.1 Å². The summed E-state index contributed by atoms with van der Waals surface area (Å²) in [4.78, 5) is 1.30. The van der Waals surface area contributed by atoms with E-state index in [1.54, 1.807) is 18.4 Å². The Morgan fingerprint density at radius 1 is 1.32 bits per heavy atom. The van der Waals surface area contributed by atoms with Gasteiger partial charge in [0, 0.05) is 21.9 Å². The molecule has 5 heteroatoms. The van der Waals surface area contributed by atoms with Crippen LogP contribution in [0.15, 0.2) is 38.6 Å². The standard InChI is InChI=1S/C14H15Br2NOS/c1-9(10-4-3-5-11(6-10)18-2)17-8-12-7-13(15)14(16)19-12/h3-7,9,17H,8H2,1-2H3/t9-/m1/s1. The van der Waals surface area contributed by atoms with E-state index < -0.39 is 0 Å². The predicted molar refractivity (Wildman–Crippen MR) is 88.0 cm³/mol. The molecule has 1 atom stereocenters. The zero-order valence-electron chi connectivity index (χ0n) is 10.7. The molecule has 1 aromatic heterocycles. The molecule has 0 unspecified atom stereocenters. The van der Waals surface area contributed by atoms with Crippen LogP contribution in [0.25, 0.3) is 0 Å². The van der Waals surface area contributed by atoms with Crippen LogP contribution in [-0.4, -0.2) is 7.11 Å². The smallest absolute Gasteiger partial charge is 0.119 e. The molecule has 0 aliphatic carbocycles. The molecule has 0 amide bonds. The number of nitrogens with one attached hydrogen (secondary N) is 1. The molecule has 2 rings (SSSR count). The molecular formula is C14H15Br2NOS. The fourth-order valence-electron chi connectivity index (χ4n) is 1.76. The summed E-state index contributed by atoms with van der Waals surface area (Å²) in [6, 6.07) is 10.6. The zero-order chi connectivity index (χ0) is 13.8. The lowest BCUT2D eigenvalue weighted by Crippen LogP contribution is -2.17. The van der Waals surface area contributed by atoms with E-state index >= 15 is 0 Å². The molecule has 102 valence electrons. The summed E-state index contributed by atoms with van der Waals surface area (Å²) in [5, 5.41) is 3.52. The fraction of sp³-hybridized carbons (Fsp3) is 0.286. The van der Waals surface area contributed by atoms with Crippen molar-refractivity contribution in [3.63, 3.8) is 0 Å². The third-order valence-corrected chi connectivity index (χ3v) is 6.13. The second-order valence-corrected chi connectivity index (χ2v) is 7.52. The molecule has 1 N–H and O–H groups in total. The molecule has 0 radical (unpaired) electrons. The molecule has 1 aromatic carbocycles. The average Bonchev–Trinajstić information content (AvgIpc) is 2.75. The van der Waals surface area contributed by atoms with Gasteiger partial charge in [-0.3, -0.25) is 0 Å². The lowest BCUT2D eigenvalue weighted by molar-refractivity contribution is 0.413. The van der Waals surface area contributed by atoms with Crippen molar-refractivity contribution in [2.24, 2.45) is 0 Å². The van der Waals surface area contributed by atoms with Gasteiger partial charge in [0.15, 0.2) is 0 Å². The maximum Gasteiger partial charge on any atom is 0.119 e. The maximum atomic E-state index is 5.25. The van der Waals surface area contributed by atoms with E-state index in [0.29, 0.717) is 0 Å². The van der Waals surface area contributed by atoms with Crippen LogP contribution in [0.3, 0.4) is 0 Å². The van der Waals surface area contributed by atoms with Crippen LogP contribution in [0.1, 0.15) is 23.4 Å². The minimum absolute atomic E-state index is 0.287. The van der Waals surface area contributed by atoms with Gasteiger partial charge in [0.05, 0.1) is 10.9 Å². The number of methoxy groups -OCH3 is 1. The number of thiophene rings is 1. The van der Waals surface area contributed by atoms with E-state index in [2.05, 4.69) is 62.3 Å². The largest absolute Gasteiger partial charge is 0.497 e. The van der Waals surface area contributed by atoms with Crippen LogP contribution in [0.4, 0.5) is 0 Å². The van der Waals surface area contributed by atoms with Crippen LogP contribution in [0.2, 0.25) is 0 Å². The Hall–Kier alpha value is -0.360. The average molecular weight is 405 g/mol. The van der Waals surface area contributed by atoms with E-state index in [9.17, 15) is 0 Å². The summed E-state index contributed by atoms with van der Waals surface area (Å²) in [5.74, 6) is 0.896. The molecule has 0 fully saturated rings. The van der Waals surface area contributed by atoms with Gasteiger partial charge in [-0.25, -0.2) is 0 Å². The Balaban J connectivity index is 1.98. The summed E-state index contributed by atoms with van der Waals surface area (Å²) in [6.07, 6.45) is 0. The van der Waals surface area contributed by atoms with Gasteiger partial charge in [0.1, 0.15) is 5.75 Å². The molecule has 0 saturated carbocycles. The zero-order valence-corrected chi connectivity index (χ0v) is 14.7. The lowest BCUT2D eigenvalue weighted by atomic mass is 10.1. The molecule has 1 heterocycles. The normalized spacial score (nSPS) is 12.4. The van der Waals surface area contributed by atoms with Crippen LogP contribution in [0, 0.1) is 0 Å². The Bertz CT molecular complexity index is 537. The van der Waals surface area contributed by atoms with Crippen molar-refractivity contribution in [3.8, 4) is 5.75 Å². The highest BCUT2D eigenvalue weighted by Crippen LogP contribution is 2.32. The summed E-state index contributed by atoms with van der Waals surface area (Å²) >= 11 is 8.76. The number of benzene rings is 1. The highest BCUT2D eigenvalue weighted by atomic mass is 79.9. The lowest BCUT2D eigenvalue weighted by Gasteiger charge is -2.14. The van der Waals surface area contributed by atoms with Crippen molar-refractivity contribution in [3.05, 3.63) is 49.0 Å². The molecule has 19 heavy (non-hydrogen) atoms. The number of rotatable bonds is 5. The Morgan fingerprint density at radius 2 is 2.11 bits per heavy atom. The predicted octanol–water partition coefficient (Wildman–Crippen LogP) is 5.13. The van der Waals surface area contributed by atoms with Crippen LogP contribution in [0.5, 0.6) is 5.75 Å². The first kappa shape index (κ1) is 15.0. The first-order valence-electron chi connectivity index (χ1n) is 5.91. The molecule has 2 aromatic rings. The molecule has 0 aliphatic heterocycles. The van der Waals surface area contributed by atoms with Gasteiger partial charge in [-0.05, 0) is 62.5 Å². The van der Waals surface area contributed by atoms with Crippen LogP contribution < -0.4 is 10.1 Å². The summed E-state index contributed by atoms with van der Waals surface area (Å²) in [6.45, 7) is 3.01. The second-order valence-electron chi connectivity index (χ2n) is 4.21. The minimum Gasteiger partial charge on any atom is -0.497 e. The monoisotopic (exact) mass is 403 g/mol. The van der Waals surface area contributed by atoms with Gasteiger partial charge < -0.3 is 10.1 Å². The fourth-order valence-corrected chi connectivity index (χ4v) is 3.89. The number of ether oxygens (including phenoxy) is 1. The first-order valence-corrected chi connectivity index (χ1v) is 8.31. The van der Waals surface area contributed by atoms with Crippen molar-refractivity contribution in [2.75, 3.05) is 7.11 Å². The summed E-state index contributed by atoms with van der Waals surface area (Å²) < 4.78 is 7.50. The van der Waals surface area contributed by atoms with Gasteiger partial charge in [-0.2, -0.15) is 0 Å². The topological polar surface area (TPSA) is 21.3 Å². The van der Waals surface area contributed by atoms with Crippen molar-refractivity contribution < 1.29 is 4.74 Å². The first-order chi connectivity index (χ1) is 9.10. The molecular weight excluding hydrogens is 390 g/mol. The van der Waals surface area contributed by atoms with Crippen molar-refractivity contribution in [2.45, 2.75) is 19.5 Å². The number of hydrogen-bond acceptors (Lipinski definition) is 3. The highest BCUT2D eigenvalue weighted by molar-refractivity contribution is 9.13. The molecule has 0 aliphatic rings. The number of hydrogen-bond donors (Lipinski definition) is 1. The van der Waals surface area contributed by atoms with Gasteiger partial charge in [0.2, 0.25) is 0 Å². The number of halogens is 2. The molecule has 0 bridgehead atoms. The van der Waals surface area contributed by atoms with Gasteiger partial charge >= 0.3 is 0 Å². The van der Waals surface area contributed by atoms with Crippen molar-refractivity contribution in [1.29, 1.82) is 0 Å². The third kappa shape index (κ3) is 4.05. The maximum absolute atomic E-state index is 5.25. The summed E-state index contributed by atoms with van der Waals surface area (Å²) in [5.41, 5.74) is 1.23. The van der Waals surface area contributed by atoms with Crippen molar-refractivity contribution in [1.82, 2.24) is 5.32 Å². The molecule has 0 spiro atoms. The SMILES string of the molecule is COc1cccc([C@@H](C)NCc2cc(Br)c(Br)s2)c1. The van der Waals surface area contributed by atoms with Gasteiger partial charge in [0.25, 0.3) is 0 Å². The van der Waals surface area contributed by atoms with E-state index in [4.69, 9.17) is 4.74 Å².